The first-order chi connectivity index (χ1) is 10.3. The third-order valence-corrected chi connectivity index (χ3v) is 3.77. The first-order valence-corrected chi connectivity index (χ1v) is 7.47. The summed E-state index contributed by atoms with van der Waals surface area (Å²) in [6.45, 7) is 3.86. The Balaban J connectivity index is 0.00000132. The average molecular weight is 358 g/mol. The van der Waals surface area contributed by atoms with Crippen LogP contribution in [0, 0.1) is 5.82 Å². The number of pyridine rings is 1. The highest BCUT2D eigenvalue weighted by Crippen LogP contribution is 2.30. The van der Waals surface area contributed by atoms with Gasteiger partial charge in [-0.05, 0) is 55.7 Å². The van der Waals surface area contributed by atoms with E-state index in [0.29, 0.717) is 12.6 Å². The highest BCUT2D eigenvalue weighted by atomic mass is 35.5. The van der Waals surface area contributed by atoms with Crippen LogP contribution >= 0.6 is 24.8 Å². The number of anilines is 2. The maximum atomic E-state index is 12.8. The molecule has 6 heteroatoms. The van der Waals surface area contributed by atoms with Crippen molar-refractivity contribution in [1.82, 2.24) is 4.98 Å². The maximum absolute atomic E-state index is 12.8. The van der Waals surface area contributed by atoms with Gasteiger partial charge in [0.25, 0.3) is 0 Å². The van der Waals surface area contributed by atoms with Gasteiger partial charge in [-0.15, -0.1) is 24.8 Å². The molecular formula is C17H22Cl2FN3. The molecule has 0 aliphatic heterocycles. The van der Waals surface area contributed by atoms with Crippen LogP contribution in [0.2, 0.25) is 0 Å². The zero-order chi connectivity index (χ0) is 14.7. The van der Waals surface area contributed by atoms with Crippen LogP contribution in [0.4, 0.5) is 15.9 Å². The van der Waals surface area contributed by atoms with E-state index < -0.39 is 0 Å². The van der Waals surface area contributed by atoms with Crippen LogP contribution in [-0.2, 0) is 6.54 Å². The minimum atomic E-state index is -0.216. The van der Waals surface area contributed by atoms with Crippen molar-refractivity contribution in [3.05, 3.63) is 54.0 Å². The van der Waals surface area contributed by atoms with E-state index in [2.05, 4.69) is 34.3 Å². The Hall–Kier alpha value is -1.52. The molecule has 3 rings (SSSR count). The summed E-state index contributed by atoms with van der Waals surface area (Å²) < 4.78 is 12.8. The van der Waals surface area contributed by atoms with E-state index in [1.54, 1.807) is 12.1 Å². The number of aromatic nitrogens is 1. The molecule has 0 radical (unpaired) electrons. The van der Waals surface area contributed by atoms with E-state index in [1.807, 2.05) is 6.20 Å². The molecule has 1 N–H and O–H groups in total. The molecule has 1 aliphatic rings. The summed E-state index contributed by atoms with van der Waals surface area (Å²) >= 11 is 0. The van der Waals surface area contributed by atoms with Gasteiger partial charge in [-0.1, -0.05) is 6.07 Å². The molecule has 126 valence electrons. The summed E-state index contributed by atoms with van der Waals surface area (Å²) in [5.74, 6) is 0.844. The van der Waals surface area contributed by atoms with Crippen molar-refractivity contribution in [1.29, 1.82) is 0 Å². The lowest BCUT2D eigenvalue weighted by Gasteiger charge is -2.21. The Bertz CT molecular complexity index is 586. The van der Waals surface area contributed by atoms with Crippen molar-refractivity contribution in [2.75, 3.05) is 16.8 Å². The van der Waals surface area contributed by atoms with Crippen molar-refractivity contribution in [3.8, 4) is 0 Å². The highest BCUT2D eigenvalue weighted by molar-refractivity contribution is 5.85. The number of halogens is 3. The zero-order valence-electron chi connectivity index (χ0n) is 13.0. The molecular weight excluding hydrogens is 336 g/mol. The summed E-state index contributed by atoms with van der Waals surface area (Å²) in [6.07, 6.45) is 4.48. The van der Waals surface area contributed by atoms with Crippen molar-refractivity contribution in [2.45, 2.75) is 32.4 Å². The molecule has 1 aromatic heterocycles. The zero-order valence-corrected chi connectivity index (χ0v) is 14.7. The minimum Gasteiger partial charge on any atom is -0.381 e. The van der Waals surface area contributed by atoms with E-state index in [-0.39, 0.29) is 30.6 Å². The molecule has 1 saturated carbocycles. The lowest BCUT2D eigenvalue weighted by molar-refractivity contribution is 0.628. The van der Waals surface area contributed by atoms with E-state index >= 15 is 0 Å². The molecule has 0 saturated heterocycles. The number of nitrogens with one attached hydrogen (secondary N) is 1. The van der Waals surface area contributed by atoms with Gasteiger partial charge in [-0.25, -0.2) is 9.37 Å². The number of hydrogen-bond acceptors (Lipinski definition) is 3. The van der Waals surface area contributed by atoms with E-state index in [0.717, 1.165) is 23.6 Å². The highest BCUT2D eigenvalue weighted by Gasteiger charge is 2.28. The van der Waals surface area contributed by atoms with Crippen molar-refractivity contribution >= 4 is 36.3 Å². The van der Waals surface area contributed by atoms with Crippen molar-refractivity contribution in [2.24, 2.45) is 0 Å². The van der Waals surface area contributed by atoms with E-state index in [1.165, 1.54) is 25.0 Å². The van der Waals surface area contributed by atoms with Crippen LogP contribution in [0.25, 0.3) is 0 Å². The second kappa shape index (κ2) is 8.94. The molecule has 2 aromatic rings. The molecule has 1 aliphatic carbocycles. The van der Waals surface area contributed by atoms with Gasteiger partial charge >= 0.3 is 0 Å². The second-order valence-corrected chi connectivity index (χ2v) is 5.40. The quantitative estimate of drug-likeness (QED) is 0.814. The molecule has 1 aromatic carbocycles. The molecule has 1 fully saturated rings. The maximum Gasteiger partial charge on any atom is 0.128 e. The molecule has 0 unspecified atom stereocenters. The molecule has 23 heavy (non-hydrogen) atoms. The Labute approximate surface area is 149 Å². The van der Waals surface area contributed by atoms with Gasteiger partial charge < -0.3 is 10.2 Å². The van der Waals surface area contributed by atoms with Gasteiger partial charge in [0.15, 0.2) is 0 Å². The van der Waals surface area contributed by atoms with Crippen LogP contribution in [0.1, 0.15) is 25.3 Å². The summed E-state index contributed by atoms with van der Waals surface area (Å²) in [5.41, 5.74) is 2.03. The van der Waals surface area contributed by atoms with Gasteiger partial charge in [-0.3, -0.25) is 0 Å². The molecule has 0 bridgehead atoms. The molecule has 0 amide bonds. The van der Waals surface area contributed by atoms with E-state index in [9.17, 15) is 4.39 Å². The van der Waals surface area contributed by atoms with Crippen LogP contribution < -0.4 is 10.2 Å². The second-order valence-electron chi connectivity index (χ2n) is 5.40. The largest absolute Gasteiger partial charge is 0.381 e. The van der Waals surface area contributed by atoms with Gasteiger partial charge in [0, 0.05) is 31.0 Å². The predicted octanol–water partition coefficient (Wildman–Crippen LogP) is 4.67. The first-order valence-electron chi connectivity index (χ1n) is 7.47. The average Bonchev–Trinajstić information content (AvgIpc) is 3.34. The fourth-order valence-electron chi connectivity index (χ4n) is 2.46. The number of hydrogen-bond donors (Lipinski definition) is 1. The van der Waals surface area contributed by atoms with Crippen molar-refractivity contribution < 1.29 is 4.39 Å². The first kappa shape index (κ1) is 19.5. The summed E-state index contributed by atoms with van der Waals surface area (Å²) in [5, 5.41) is 3.27. The summed E-state index contributed by atoms with van der Waals surface area (Å²) in [7, 11) is 0. The Morgan fingerprint density at radius 2 is 1.83 bits per heavy atom. The number of rotatable bonds is 6. The minimum absolute atomic E-state index is 0. The van der Waals surface area contributed by atoms with Gasteiger partial charge in [-0.2, -0.15) is 0 Å². The lowest BCUT2D eigenvalue weighted by atomic mass is 10.2. The number of benzene rings is 1. The summed E-state index contributed by atoms with van der Waals surface area (Å²) in [4.78, 5) is 6.92. The van der Waals surface area contributed by atoms with Crippen LogP contribution in [-0.4, -0.2) is 17.6 Å². The fraction of sp³-hybridized carbons (Fsp3) is 0.353. The Morgan fingerprint density at radius 1 is 1.13 bits per heavy atom. The number of nitrogens with zero attached hydrogens (tertiary/aromatic N) is 2. The van der Waals surface area contributed by atoms with Gasteiger partial charge in [0.2, 0.25) is 0 Å². The van der Waals surface area contributed by atoms with E-state index in [4.69, 9.17) is 0 Å². The van der Waals surface area contributed by atoms with Crippen LogP contribution in [0.3, 0.4) is 0 Å². The lowest BCUT2D eigenvalue weighted by Crippen LogP contribution is -2.25. The smallest absolute Gasteiger partial charge is 0.128 e. The topological polar surface area (TPSA) is 28.2 Å². The standard InChI is InChI=1S/C17H20FN3.2ClH/c1-2-21(16-8-9-16)17-10-3-13(12-20-17)11-19-15-6-4-14(18)5-7-15;;/h3-7,10,12,16,19H,2,8-9,11H2,1H3;2*1H. The normalized spacial score (nSPS) is 12.8. The van der Waals surface area contributed by atoms with Crippen LogP contribution in [0.15, 0.2) is 42.6 Å². The summed E-state index contributed by atoms with van der Waals surface area (Å²) in [6, 6.07) is 11.3. The molecule has 0 spiro atoms. The Morgan fingerprint density at radius 3 is 2.35 bits per heavy atom. The van der Waals surface area contributed by atoms with Gasteiger partial charge in [0.05, 0.1) is 0 Å². The van der Waals surface area contributed by atoms with Crippen molar-refractivity contribution in [3.63, 3.8) is 0 Å². The SMILES string of the molecule is CCN(c1ccc(CNc2ccc(F)cc2)cn1)C1CC1.Cl.Cl. The third kappa shape index (κ3) is 5.26. The predicted molar refractivity (Wildman–Crippen MR) is 98.5 cm³/mol. The fourth-order valence-corrected chi connectivity index (χ4v) is 2.46. The van der Waals surface area contributed by atoms with Gasteiger partial charge in [0.1, 0.15) is 11.6 Å². The monoisotopic (exact) mass is 357 g/mol. The third-order valence-electron chi connectivity index (χ3n) is 3.77. The van der Waals surface area contributed by atoms with Crippen LogP contribution in [0.5, 0.6) is 0 Å². The molecule has 1 heterocycles. The molecule has 0 atom stereocenters. The molecule has 3 nitrogen and oxygen atoms in total. The Kier molecular flexibility index (Phi) is 7.59.